The zero-order chi connectivity index (χ0) is 20.4. The first-order valence-corrected chi connectivity index (χ1v) is 9.24. The molecule has 1 aliphatic rings. The Bertz CT molecular complexity index is 1050. The number of alkyl halides is 3. The molecule has 6 nitrogen and oxygen atoms in total. The average Bonchev–Trinajstić information content (AvgIpc) is 3.24. The molecule has 1 aromatic carbocycles. The van der Waals surface area contributed by atoms with Crippen molar-refractivity contribution >= 4 is 16.9 Å². The predicted octanol–water partition coefficient (Wildman–Crippen LogP) is 3.19. The second kappa shape index (κ2) is 7.75. The lowest BCUT2D eigenvalue weighted by molar-refractivity contribution is -0.137. The largest absolute Gasteiger partial charge is 0.417 e. The first kappa shape index (κ1) is 19.3. The van der Waals surface area contributed by atoms with Gasteiger partial charge in [0.05, 0.1) is 5.56 Å². The fraction of sp³-hybridized carbons (Fsp3) is 0.300. The van der Waals surface area contributed by atoms with E-state index in [0.29, 0.717) is 11.9 Å². The van der Waals surface area contributed by atoms with Gasteiger partial charge in [-0.05, 0) is 37.6 Å². The van der Waals surface area contributed by atoms with E-state index in [1.165, 1.54) is 24.4 Å². The molecule has 1 amide bonds. The standard InChI is InChI=1S/C20H18F3N5O/c21-20(22,23)15-6-2-1-5-14(15)18-25-10-12-7-8-16(27-17(12)28-18)19(29)26-11-13-4-3-9-24-13/h1-2,5-8,10,13,24H,3-4,9,11H2,(H,26,29). The predicted molar refractivity (Wildman–Crippen MR) is 101 cm³/mol. The molecule has 9 heteroatoms. The van der Waals surface area contributed by atoms with Crippen LogP contribution in [-0.2, 0) is 6.18 Å². The van der Waals surface area contributed by atoms with E-state index < -0.39 is 11.7 Å². The molecule has 0 saturated carbocycles. The van der Waals surface area contributed by atoms with Crippen molar-refractivity contribution in [3.63, 3.8) is 0 Å². The summed E-state index contributed by atoms with van der Waals surface area (Å²) in [6, 6.07) is 8.52. The number of fused-ring (bicyclic) bond motifs is 1. The molecular weight excluding hydrogens is 383 g/mol. The van der Waals surface area contributed by atoms with Crippen LogP contribution in [0.25, 0.3) is 22.4 Å². The fourth-order valence-electron chi connectivity index (χ4n) is 3.33. The number of halogens is 3. The molecule has 0 aliphatic carbocycles. The molecule has 1 atom stereocenters. The van der Waals surface area contributed by atoms with E-state index in [9.17, 15) is 18.0 Å². The lowest BCUT2D eigenvalue weighted by Crippen LogP contribution is -2.37. The van der Waals surface area contributed by atoms with E-state index in [4.69, 9.17) is 0 Å². The van der Waals surface area contributed by atoms with Gasteiger partial charge in [0.15, 0.2) is 11.5 Å². The summed E-state index contributed by atoms with van der Waals surface area (Å²) in [5.41, 5.74) is -0.633. The number of hydrogen-bond donors (Lipinski definition) is 2. The molecule has 1 fully saturated rings. The summed E-state index contributed by atoms with van der Waals surface area (Å²) in [5.74, 6) is -0.443. The van der Waals surface area contributed by atoms with Crippen LogP contribution in [0.2, 0.25) is 0 Å². The second-order valence-electron chi connectivity index (χ2n) is 6.85. The highest BCUT2D eigenvalue weighted by Crippen LogP contribution is 2.35. The number of carbonyl (C=O) groups is 1. The van der Waals surface area contributed by atoms with Crippen molar-refractivity contribution in [2.75, 3.05) is 13.1 Å². The van der Waals surface area contributed by atoms with Gasteiger partial charge in [-0.25, -0.2) is 15.0 Å². The number of rotatable bonds is 4. The Hall–Kier alpha value is -3.07. The molecule has 0 bridgehead atoms. The molecule has 29 heavy (non-hydrogen) atoms. The van der Waals surface area contributed by atoms with Gasteiger partial charge >= 0.3 is 6.18 Å². The molecule has 0 spiro atoms. The number of benzene rings is 1. The number of pyridine rings is 1. The minimum atomic E-state index is -4.53. The summed E-state index contributed by atoms with van der Waals surface area (Å²) in [7, 11) is 0. The Balaban J connectivity index is 1.63. The van der Waals surface area contributed by atoms with Crippen molar-refractivity contribution < 1.29 is 18.0 Å². The molecule has 2 N–H and O–H groups in total. The monoisotopic (exact) mass is 401 g/mol. The van der Waals surface area contributed by atoms with Gasteiger partial charge in [0.2, 0.25) is 0 Å². The van der Waals surface area contributed by atoms with Crippen molar-refractivity contribution in [2.24, 2.45) is 0 Å². The van der Waals surface area contributed by atoms with Crippen molar-refractivity contribution in [1.82, 2.24) is 25.6 Å². The third-order valence-corrected chi connectivity index (χ3v) is 4.82. The SMILES string of the molecule is O=C(NCC1CCCN1)c1ccc2cnc(-c3ccccc3C(F)(F)F)nc2n1. The highest BCUT2D eigenvalue weighted by Gasteiger charge is 2.34. The van der Waals surface area contributed by atoms with E-state index >= 15 is 0 Å². The van der Waals surface area contributed by atoms with E-state index in [1.807, 2.05) is 0 Å². The van der Waals surface area contributed by atoms with E-state index in [2.05, 4.69) is 25.6 Å². The van der Waals surface area contributed by atoms with Crippen LogP contribution >= 0.6 is 0 Å². The van der Waals surface area contributed by atoms with Crippen molar-refractivity contribution in [2.45, 2.75) is 25.1 Å². The van der Waals surface area contributed by atoms with Gasteiger partial charge in [-0.1, -0.05) is 18.2 Å². The van der Waals surface area contributed by atoms with Crippen LogP contribution in [0.4, 0.5) is 13.2 Å². The van der Waals surface area contributed by atoms with E-state index in [-0.39, 0.29) is 34.7 Å². The normalized spacial score (nSPS) is 16.9. The summed E-state index contributed by atoms with van der Waals surface area (Å²) in [6.45, 7) is 1.43. The smallest absolute Gasteiger partial charge is 0.349 e. The van der Waals surface area contributed by atoms with Gasteiger partial charge in [-0.3, -0.25) is 4.79 Å². The fourth-order valence-corrected chi connectivity index (χ4v) is 3.33. The zero-order valence-electron chi connectivity index (χ0n) is 15.3. The zero-order valence-corrected chi connectivity index (χ0v) is 15.3. The molecule has 1 aliphatic heterocycles. The molecule has 3 aromatic rings. The van der Waals surface area contributed by atoms with Crippen LogP contribution in [0.1, 0.15) is 28.9 Å². The third-order valence-electron chi connectivity index (χ3n) is 4.82. The van der Waals surface area contributed by atoms with Crippen molar-refractivity contribution in [3.8, 4) is 11.4 Å². The summed E-state index contributed by atoms with van der Waals surface area (Å²) in [6.07, 6.45) is -1.05. The number of carbonyl (C=O) groups excluding carboxylic acids is 1. The Morgan fingerprint density at radius 1 is 1.17 bits per heavy atom. The molecule has 1 unspecified atom stereocenters. The average molecular weight is 401 g/mol. The maximum Gasteiger partial charge on any atom is 0.417 e. The number of hydrogen-bond acceptors (Lipinski definition) is 5. The number of amides is 1. The van der Waals surface area contributed by atoms with Gasteiger partial charge in [0, 0.05) is 29.7 Å². The third kappa shape index (κ3) is 4.19. The van der Waals surface area contributed by atoms with Crippen LogP contribution in [0.15, 0.2) is 42.6 Å². The molecule has 3 heterocycles. The molecule has 0 radical (unpaired) electrons. The Kier molecular flexibility index (Phi) is 5.14. The Morgan fingerprint density at radius 3 is 2.76 bits per heavy atom. The maximum absolute atomic E-state index is 13.3. The van der Waals surface area contributed by atoms with Gasteiger partial charge in [0.25, 0.3) is 5.91 Å². The van der Waals surface area contributed by atoms with E-state index in [1.54, 1.807) is 12.1 Å². The van der Waals surface area contributed by atoms with Crippen LogP contribution in [0, 0.1) is 0 Å². The molecular formula is C20H18F3N5O. The van der Waals surface area contributed by atoms with Gasteiger partial charge < -0.3 is 10.6 Å². The summed E-state index contributed by atoms with van der Waals surface area (Å²) in [5, 5.41) is 6.65. The van der Waals surface area contributed by atoms with Crippen LogP contribution in [0.3, 0.4) is 0 Å². The first-order valence-electron chi connectivity index (χ1n) is 9.24. The van der Waals surface area contributed by atoms with Gasteiger partial charge in [-0.2, -0.15) is 13.2 Å². The van der Waals surface area contributed by atoms with Crippen LogP contribution in [0.5, 0.6) is 0 Å². The van der Waals surface area contributed by atoms with E-state index in [0.717, 1.165) is 25.5 Å². The molecule has 150 valence electrons. The maximum atomic E-state index is 13.3. The number of nitrogens with one attached hydrogen (secondary N) is 2. The minimum Gasteiger partial charge on any atom is -0.349 e. The lowest BCUT2D eigenvalue weighted by Gasteiger charge is -2.12. The summed E-state index contributed by atoms with van der Waals surface area (Å²) in [4.78, 5) is 24.9. The Morgan fingerprint density at radius 2 is 2.00 bits per heavy atom. The van der Waals surface area contributed by atoms with Crippen molar-refractivity contribution in [3.05, 3.63) is 53.9 Å². The lowest BCUT2D eigenvalue weighted by atomic mass is 10.1. The molecule has 4 rings (SSSR count). The molecule has 2 aromatic heterocycles. The highest BCUT2D eigenvalue weighted by atomic mass is 19.4. The first-order chi connectivity index (χ1) is 13.9. The van der Waals surface area contributed by atoms with Gasteiger partial charge in [0.1, 0.15) is 5.69 Å². The second-order valence-corrected chi connectivity index (χ2v) is 6.85. The number of aromatic nitrogens is 3. The number of nitrogens with zero attached hydrogens (tertiary/aromatic N) is 3. The van der Waals surface area contributed by atoms with Crippen LogP contribution < -0.4 is 10.6 Å². The Labute approximate surface area is 164 Å². The minimum absolute atomic E-state index is 0.0920. The van der Waals surface area contributed by atoms with Crippen LogP contribution in [-0.4, -0.2) is 40.0 Å². The summed E-state index contributed by atoms with van der Waals surface area (Å²) >= 11 is 0. The highest BCUT2D eigenvalue weighted by molar-refractivity contribution is 5.94. The quantitative estimate of drug-likeness (QED) is 0.702. The summed E-state index contributed by atoms with van der Waals surface area (Å²) < 4.78 is 39.9. The topological polar surface area (TPSA) is 79.8 Å². The van der Waals surface area contributed by atoms with Gasteiger partial charge in [-0.15, -0.1) is 0 Å². The van der Waals surface area contributed by atoms with Crippen molar-refractivity contribution in [1.29, 1.82) is 0 Å². The molecule has 1 saturated heterocycles.